The molecule has 0 saturated carbocycles. The van der Waals surface area contributed by atoms with E-state index in [1.807, 2.05) is 0 Å². The minimum atomic E-state index is -3.56. The Labute approximate surface area is 120 Å². The Morgan fingerprint density at radius 3 is 2.50 bits per heavy atom. The Hall–Kier alpha value is -0.220. The third-order valence-corrected chi connectivity index (χ3v) is 7.54. The van der Waals surface area contributed by atoms with Crippen molar-refractivity contribution < 1.29 is 21.6 Å². The lowest BCUT2D eigenvalue weighted by molar-refractivity contribution is 0.0366. The Morgan fingerprint density at radius 1 is 1.20 bits per heavy atom. The first-order valence-corrected chi connectivity index (χ1v) is 10.3. The van der Waals surface area contributed by atoms with Gasteiger partial charge in [0.05, 0.1) is 29.5 Å². The lowest BCUT2D eigenvalue weighted by Crippen LogP contribution is -2.38. The summed E-state index contributed by atoms with van der Waals surface area (Å²) in [5.74, 6) is -0.304. The van der Waals surface area contributed by atoms with Gasteiger partial charge >= 0.3 is 0 Å². The van der Waals surface area contributed by atoms with Gasteiger partial charge in [-0.3, -0.25) is 0 Å². The van der Waals surface area contributed by atoms with Gasteiger partial charge in [-0.15, -0.1) is 0 Å². The molecule has 2 N–H and O–H groups in total. The smallest absolute Gasteiger partial charge is 0.215 e. The molecule has 118 valence electrons. The predicted octanol–water partition coefficient (Wildman–Crippen LogP) is -1.14. The third-order valence-electron chi connectivity index (χ3n) is 3.67. The fourth-order valence-electron chi connectivity index (χ4n) is 2.50. The zero-order valence-electron chi connectivity index (χ0n) is 11.4. The summed E-state index contributed by atoms with van der Waals surface area (Å²) in [5, 5.41) is 2.41. The predicted molar refractivity (Wildman–Crippen MR) is 75.8 cm³/mol. The molecule has 1 unspecified atom stereocenters. The van der Waals surface area contributed by atoms with E-state index in [1.165, 1.54) is 0 Å². The second-order valence-corrected chi connectivity index (χ2v) is 9.56. The molecule has 7 nitrogen and oxygen atoms in total. The van der Waals surface area contributed by atoms with Gasteiger partial charge in [0.1, 0.15) is 0 Å². The second kappa shape index (κ2) is 6.69. The van der Waals surface area contributed by atoms with E-state index in [2.05, 4.69) is 10.0 Å². The second-order valence-electron chi connectivity index (χ2n) is 5.28. The zero-order chi connectivity index (χ0) is 14.6. The molecule has 20 heavy (non-hydrogen) atoms. The highest BCUT2D eigenvalue weighted by atomic mass is 32.2. The Bertz CT molecular complexity index is 511. The molecule has 0 aromatic carbocycles. The van der Waals surface area contributed by atoms with Crippen molar-refractivity contribution in [2.24, 2.45) is 0 Å². The largest absolute Gasteiger partial charge is 0.377 e. The van der Waals surface area contributed by atoms with Crippen LogP contribution in [0.2, 0.25) is 0 Å². The summed E-state index contributed by atoms with van der Waals surface area (Å²) >= 11 is 0. The zero-order valence-corrected chi connectivity index (χ0v) is 13.0. The van der Waals surface area contributed by atoms with Gasteiger partial charge in [0, 0.05) is 6.54 Å². The van der Waals surface area contributed by atoms with Crippen LogP contribution in [-0.4, -0.2) is 65.9 Å². The van der Waals surface area contributed by atoms with Crippen LogP contribution >= 0.6 is 0 Å². The molecule has 0 aliphatic carbocycles. The molecule has 2 aliphatic rings. The van der Waals surface area contributed by atoms with Gasteiger partial charge in [-0.25, -0.2) is 21.6 Å². The SMILES string of the molecule is O=S1(=O)CCC(S(=O)(=O)NCCOC2CCNCC2)C1. The molecule has 9 heteroatoms. The van der Waals surface area contributed by atoms with E-state index >= 15 is 0 Å². The van der Waals surface area contributed by atoms with Crippen LogP contribution in [0.25, 0.3) is 0 Å². The normalized spacial score (nSPS) is 27.7. The Balaban J connectivity index is 1.70. The maximum atomic E-state index is 11.9. The van der Waals surface area contributed by atoms with Crippen LogP contribution in [0.15, 0.2) is 0 Å². The van der Waals surface area contributed by atoms with E-state index in [0.717, 1.165) is 25.9 Å². The number of hydrogen-bond donors (Lipinski definition) is 2. The highest BCUT2D eigenvalue weighted by Gasteiger charge is 2.36. The maximum Gasteiger partial charge on any atom is 0.215 e. The lowest BCUT2D eigenvalue weighted by Gasteiger charge is -2.23. The molecule has 2 heterocycles. The molecule has 0 spiro atoms. The van der Waals surface area contributed by atoms with Gasteiger partial charge in [-0.1, -0.05) is 0 Å². The van der Waals surface area contributed by atoms with Gasteiger partial charge in [0.15, 0.2) is 9.84 Å². The third kappa shape index (κ3) is 4.66. The Kier molecular flexibility index (Phi) is 5.41. The molecule has 0 bridgehead atoms. The van der Waals surface area contributed by atoms with Crippen molar-refractivity contribution in [3.05, 3.63) is 0 Å². The van der Waals surface area contributed by atoms with Gasteiger partial charge in [0.25, 0.3) is 0 Å². The summed E-state index contributed by atoms with van der Waals surface area (Å²) in [7, 11) is -6.74. The van der Waals surface area contributed by atoms with Gasteiger partial charge < -0.3 is 10.1 Å². The van der Waals surface area contributed by atoms with Crippen LogP contribution in [-0.2, 0) is 24.6 Å². The molecule has 2 aliphatic heterocycles. The van der Waals surface area contributed by atoms with Crippen LogP contribution in [0.5, 0.6) is 0 Å². The maximum absolute atomic E-state index is 11.9. The fourth-order valence-corrected chi connectivity index (χ4v) is 6.56. The molecule has 2 rings (SSSR count). The highest BCUT2D eigenvalue weighted by molar-refractivity contribution is 7.95. The lowest BCUT2D eigenvalue weighted by atomic mass is 10.1. The van der Waals surface area contributed by atoms with E-state index in [1.54, 1.807) is 0 Å². The number of nitrogens with one attached hydrogen (secondary N) is 2. The molecule has 0 aromatic heterocycles. The first-order valence-electron chi connectivity index (χ1n) is 6.90. The van der Waals surface area contributed by atoms with Crippen molar-refractivity contribution in [2.45, 2.75) is 30.6 Å². The summed E-state index contributed by atoms with van der Waals surface area (Å²) in [6.07, 6.45) is 2.25. The number of piperidine rings is 1. The van der Waals surface area contributed by atoms with Crippen LogP contribution in [0.3, 0.4) is 0 Å². The molecule has 0 aromatic rings. The number of sulfone groups is 1. The van der Waals surface area contributed by atoms with Gasteiger partial charge in [0.2, 0.25) is 10.0 Å². The first kappa shape index (κ1) is 16.2. The van der Waals surface area contributed by atoms with E-state index in [-0.39, 0.29) is 30.6 Å². The summed E-state index contributed by atoms with van der Waals surface area (Å²) in [4.78, 5) is 0. The van der Waals surface area contributed by atoms with Crippen LogP contribution in [0, 0.1) is 0 Å². The average Bonchev–Trinajstić information content (AvgIpc) is 2.77. The van der Waals surface area contributed by atoms with E-state index in [0.29, 0.717) is 6.61 Å². The summed E-state index contributed by atoms with van der Waals surface area (Å²) < 4.78 is 54.5. The van der Waals surface area contributed by atoms with Crippen molar-refractivity contribution in [1.82, 2.24) is 10.0 Å². The summed E-state index contributed by atoms with van der Waals surface area (Å²) in [6, 6.07) is 0. The summed E-state index contributed by atoms with van der Waals surface area (Å²) in [6.45, 7) is 2.37. The minimum absolute atomic E-state index is 0.0375. The van der Waals surface area contributed by atoms with Crippen LogP contribution in [0.1, 0.15) is 19.3 Å². The number of ether oxygens (including phenoxy) is 1. The van der Waals surface area contributed by atoms with E-state index in [9.17, 15) is 16.8 Å². The molecule has 2 fully saturated rings. The quantitative estimate of drug-likeness (QED) is 0.599. The Morgan fingerprint density at radius 2 is 1.90 bits per heavy atom. The van der Waals surface area contributed by atoms with Crippen molar-refractivity contribution >= 4 is 19.9 Å². The van der Waals surface area contributed by atoms with E-state index in [4.69, 9.17) is 4.74 Å². The van der Waals surface area contributed by atoms with Crippen LogP contribution < -0.4 is 10.0 Å². The topological polar surface area (TPSA) is 102 Å². The van der Waals surface area contributed by atoms with Crippen molar-refractivity contribution in [1.29, 1.82) is 0 Å². The average molecular weight is 326 g/mol. The minimum Gasteiger partial charge on any atom is -0.377 e. The van der Waals surface area contributed by atoms with Gasteiger partial charge in [-0.2, -0.15) is 0 Å². The molecule has 0 amide bonds. The summed E-state index contributed by atoms with van der Waals surface area (Å²) in [5.41, 5.74) is 0. The number of sulfonamides is 1. The van der Waals surface area contributed by atoms with Crippen LogP contribution in [0.4, 0.5) is 0 Å². The van der Waals surface area contributed by atoms with Crippen molar-refractivity contribution in [2.75, 3.05) is 37.7 Å². The molecular weight excluding hydrogens is 304 g/mol. The molecular formula is C11H22N2O5S2. The van der Waals surface area contributed by atoms with Crippen molar-refractivity contribution in [3.8, 4) is 0 Å². The molecule has 0 radical (unpaired) electrons. The monoisotopic (exact) mass is 326 g/mol. The van der Waals surface area contributed by atoms with Crippen molar-refractivity contribution in [3.63, 3.8) is 0 Å². The number of hydrogen-bond acceptors (Lipinski definition) is 6. The fraction of sp³-hybridized carbons (Fsp3) is 1.00. The highest BCUT2D eigenvalue weighted by Crippen LogP contribution is 2.18. The molecule has 2 saturated heterocycles. The molecule has 1 atom stereocenters. The van der Waals surface area contributed by atoms with Gasteiger partial charge in [-0.05, 0) is 32.4 Å². The standard InChI is InChI=1S/C11H22N2O5S2/c14-19(15)8-3-11(9-19)20(16,17)13-6-7-18-10-1-4-12-5-2-10/h10-13H,1-9H2. The first-order chi connectivity index (χ1) is 9.39. The van der Waals surface area contributed by atoms with E-state index < -0.39 is 25.1 Å². The number of rotatable bonds is 6.